The first-order valence-corrected chi connectivity index (χ1v) is 6.72. The summed E-state index contributed by atoms with van der Waals surface area (Å²) in [5, 5.41) is 3.21. The Hall–Kier alpha value is -1.55. The number of rotatable bonds is 4. The van der Waals surface area contributed by atoms with E-state index in [-0.39, 0.29) is 12.0 Å². The molecule has 0 saturated carbocycles. The maximum atomic E-state index is 11.8. The first kappa shape index (κ1) is 13.9. The van der Waals surface area contributed by atoms with E-state index >= 15 is 0 Å². The second-order valence-electron chi connectivity index (χ2n) is 5.19. The summed E-state index contributed by atoms with van der Waals surface area (Å²) in [6, 6.07) is 6.43. The Kier molecular flexibility index (Phi) is 4.10. The van der Waals surface area contributed by atoms with Gasteiger partial charge in [-0.3, -0.25) is 4.79 Å². The Bertz CT molecular complexity index is 473. The van der Waals surface area contributed by atoms with Gasteiger partial charge in [0, 0.05) is 26.1 Å². The molecule has 1 aromatic rings. The van der Waals surface area contributed by atoms with Gasteiger partial charge in [-0.2, -0.15) is 0 Å². The van der Waals surface area contributed by atoms with Crippen molar-refractivity contribution >= 4 is 5.91 Å². The lowest BCUT2D eigenvalue weighted by atomic mass is 10.1. The number of nitrogens with one attached hydrogen (secondary N) is 1. The maximum Gasteiger partial charge on any atom is 0.263 e. The van der Waals surface area contributed by atoms with E-state index in [0.717, 1.165) is 24.3 Å². The minimum Gasteiger partial charge on any atom is -0.480 e. The lowest BCUT2D eigenvalue weighted by Gasteiger charge is -2.17. The molecule has 0 aromatic heterocycles. The van der Waals surface area contributed by atoms with Crippen molar-refractivity contribution in [2.24, 2.45) is 0 Å². The fraction of sp³-hybridized carbons (Fsp3) is 0.533. The summed E-state index contributed by atoms with van der Waals surface area (Å²) in [5.41, 5.74) is 2.30. The molecule has 2 atom stereocenters. The molecule has 1 aliphatic rings. The van der Waals surface area contributed by atoms with Crippen LogP contribution in [0.25, 0.3) is 0 Å². The van der Waals surface area contributed by atoms with Crippen LogP contribution in [0.4, 0.5) is 0 Å². The fourth-order valence-corrected chi connectivity index (χ4v) is 2.29. The molecule has 4 nitrogen and oxygen atoms in total. The van der Waals surface area contributed by atoms with Crippen molar-refractivity contribution in [3.05, 3.63) is 29.3 Å². The zero-order chi connectivity index (χ0) is 14.0. The van der Waals surface area contributed by atoms with Crippen LogP contribution in [0.2, 0.25) is 0 Å². The minimum absolute atomic E-state index is 0.0760. The summed E-state index contributed by atoms with van der Waals surface area (Å²) >= 11 is 0. The number of benzene rings is 1. The van der Waals surface area contributed by atoms with Crippen molar-refractivity contribution in [3.63, 3.8) is 0 Å². The van der Waals surface area contributed by atoms with Crippen LogP contribution in [0.5, 0.6) is 5.75 Å². The summed E-state index contributed by atoms with van der Waals surface area (Å²) in [7, 11) is 3.76. The van der Waals surface area contributed by atoms with Gasteiger partial charge >= 0.3 is 0 Å². The molecule has 0 aliphatic carbocycles. The molecule has 2 rings (SSSR count). The van der Waals surface area contributed by atoms with Crippen LogP contribution >= 0.6 is 0 Å². The van der Waals surface area contributed by atoms with Crippen LogP contribution in [0.1, 0.15) is 30.5 Å². The Labute approximate surface area is 114 Å². The maximum absolute atomic E-state index is 11.8. The minimum atomic E-state index is -0.323. The molecule has 0 spiro atoms. The van der Waals surface area contributed by atoms with Crippen molar-refractivity contribution in [2.45, 2.75) is 32.4 Å². The molecule has 1 saturated heterocycles. The van der Waals surface area contributed by atoms with Gasteiger partial charge in [-0.25, -0.2) is 0 Å². The second-order valence-corrected chi connectivity index (χ2v) is 5.19. The Morgan fingerprint density at radius 3 is 2.74 bits per heavy atom. The highest BCUT2D eigenvalue weighted by molar-refractivity contribution is 5.83. The molecule has 1 amide bonds. The van der Waals surface area contributed by atoms with E-state index in [9.17, 15) is 4.79 Å². The van der Waals surface area contributed by atoms with Crippen LogP contribution in [0, 0.1) is 6.92 Å². The zero-order valence-corrected chi connectivity index (χ0v) is 12.1. The molecule has 1 fully saturated rings. The molecule has 1 N–H and O–H groups in total. The molecule has 0 bridgehead atoms. The summed E-state index contributed by atoms with van der Waals surface area (Å²) in [5.74, 6) is 0.882. The highest BCUT2D eigenvalue weighted by Crippen LogP contribution is 2.25. The number of likely N-dealkylation sites (N-methyl/N-ethyl adjacent to an activating group) is 1. The number of hydrogen-bond acceptors (Lipinski definition) is 3. The molecule has 2 unspecified atom stereocenters. The molecule has 0 radical (unpaired) electrons. The standard InChI is InChI=1S/C15H22N2O2/c1-10-9-12(11(2)16-3)5-6-13(10)19-14-7-8-17(4)15(14)18/h5-6,9,11,14,16H,7-8H2,1-4H3. The highest BCUT2D eigenvalue weighted by atomic mass is 16.5. The van der Waals surface area contributed by atoms with E-state index in [4.69, 9.17) is 4.74 Å². The number of carbonyl (C=O) groups excluding carboxylic acids is 1. The third-order valence-corrected chi connectivity index (χ3v) is 3.78. The summed E-state index contributed by atoms with van der Waals surface area (Å²) in [6.07, 6.45) is 0.444. The number of ether oxygens (including phenoxy) is 1. The lowest BCUT2D eigenvalue weighted by Crippen LogP contribution is -2.29. The first-order valence-electron chi connectivity index (χ1n) is 6.72. The number of nitrogens with zero attached hydrogens (tertiary/aromatic N) is 1. The van der Waals surface area contributed by atoms with Gasteiger partial charge in [-0.15, -0.1) is 0 Å². The predicted octanol–water partition coefficient (Wildman–Crippen LogP) is 1.88. The molecule has 19 heavy (non-hydrogen) atoms. The van der Waals surface area contributed by atoms with E-state index in [1.54, 1.807) is 4.90 Å². The summed E-state index contributed by atoms with van der Waals surface area (Å²) in [4.78, 5) is 13.6. The van der Waals surface area contributed by atoms with Gasteiger partial charge in [0.25, 0.3) is 5.91 Å². The van der Waals surface area contributed by atoms with Crippen molar-refractivity contribution in [1.29, 1.82) is 0 Å². The van der Waals surface area contributed by atoms with E-state index in [0.29, 0.717) is 6.04 Å². The van der Waals surface area contributed by atoms with Crippen molar-refractivity contribution in [1.82, 2.24) is 10.2 Å². The van der Waals surface area contributed by atoms with Crippen molar-refractivity contribution in [3.8, 4) is 5.75 Å². The third-order valence-electron chi connectivity index (χ3n) is 3.78. The monoisotopic (exact) mass is 262 g/mol. The molecule has 1 aromatic carbocycles. The molecule has 1 aliphatic heterocycles. The van der Waals surface area contributed by atoms with E-state index in [1.807, 2.05) is 33.2 Å². The number of carbonyl (C=O) groups is 1. The van der Waals surface area contributed by atoms with Gasteiger partial charge in [0.1, 0.15) is 5.75 Å². The van der Waals surface area contributed by atoms with Crippen molar-refractivity contribution < 1.29 is 9.53 Å². The van der Waals surface area contributed by atoms with Gasteiger partial charge in [0.15, 0.2) is 6.10 Å². The quantitative estimate of drug-likeness (QED) is 0.901. The summed E-state index contributed by atoms with van der Waals surface area (Å²) < 4.78 is 5.85. The van der Waals surface area contributed by atoms with Gasteiger partial charge < -0.3 is 15.0 Å². The molecule has 104 valence electrons. The summed E-state index contributed by atoms with van der Waals surface area (Å²) in [6.45, 7) is 4.91. The lowest BCUT2D eigenvalue weighted by molar-refractivity contribution is -0.132. The van der Waals surface area contributed by atoms with Gasteiger partial charge in [-0.1, -0.05) is 12.1 Å². The van der Waals surface area contributed by atoms with Gasteiger partial charge in [-0.05, 0) is 38.1 Å². The van der Waals surface area contributed by atoms with Crippen LogP contribution in [0.3, 0.4) is 0 Å². The highest BCUT2D eigenvalue weighted by Gasteiger charge is 2.31. The first-order chi connectivity index (χ1) is 9.02. The average molecular weight is 262 g/mol. The Morgan fingerprint density at radius 1 is 1.47 bits per heavy atom. The normalized spacial score (nSPS) is 20.7. The van der Waals surface area contributed by atoms with Crippen LogP contribution in [-0.2, 0) is 4.79 Å². The smallest absolute Gasteiger partial charge is 0.263 e. The van der Waals surface area contributed by atoms with Crippen LogP contribution in [-0.4, -0.2) is 37.6 Å². The van der Waals surface area contributed by atoms with E-state index in [1.165, 1.54) is 5.56 Å². The van der Waals surface area contributed by atoms with Gasteiger partial charge in [0.2, 0.25) is 0 Å². The predicted molar refractivity (Wildman–Crippen MR) is 75.3 cm³/mol. The third kappa shape index (κ3) is 2.89. The fourth-order valence-electron chi connectivity index (χ4n) is 2.29. The molecular formula is C15H22N2O2. The molecule has 1 heterocycles. The van der Waals surface area contributed by atoms with E-state index in [2.05, 4.69) is 18.3 Å². The average Bonchev–Trinajstić information content (AvgIpc) is 2.72. The van der Waals surface area contributed by atoms with E-state index < -0.39 is 0 Å². The number of amides is 1. The number of likely N-dealkylation sites (tertiary alicyclic amines) is 1. The Morgan fingerprint density at radius 2 is 2.21 bits per heavy atom. The largest absolute Gasteiger partial charge is 0.480 e. The Balaban J connectivity index is 2.11. The second kappa shape index (κ2) is 5.61. The topological polar surface area (TPSA) is 41.6 Å². The number of aryl methyl sites for hydroxylation is 1. The number of hydrogen-bond donors (Lipinski definition) is 1. The van der Waals surface area contributed by atoms with Crippen LogP contribution < -0.4 is 10.1 Å². The molecular weight excluding hydrogens is 240 g/mol. The van der Waals surface area contributed by atoms with Gasteiger partial charge in [0.05, 0.1) is 0 Å². The SMILES string of the molecule is CNC(C)c1ccc(OC2CCN(C)C2=O)c(C)c1. The van der Waals surface area contributed by atoms with Crippen molar-refractivity contribution in [2.75, 3.05) is 20.6 Å². The zero-order valence-electron chi connectivity index (χ0n) is 12.1. The molecule has 4 heteroatoms. The van der Waals surface area contributed by atoms with Crippen LogP contribution in [0.15, 0.2) is 18.2 Å².